The van der Waals surface area contributed by atoms with Crippen LogP contribution >= 0.6 is 0 Å². The Bertz CT molecular complexity index is 1120. The summed E-state index contributed by atoms with van der Waals surface area (Å²) >= 11 is 0. The standard InChI is InChI=1S/C25H29N5O3/c1-29(2)22-14-20(27-24(28-22)17-8-6-12-26-15-17)18-9-7-13-30(16-18)25(31)19-10-5-11-21(32-3)23(19)33-4/h5-6,8,10-12,14-15,18H,7,9,13,16H2,1-4H3/t18-/m0/s1. The summed E-state index contributed by atoms with van der Waals surface area (Å²) in [5.74, 6) is 2.52. The highest BCUT2D eigenvalue weighted by Crippen LogP contribution is 2.34. The lowest BCUT2D eigenvalue weighted by molar-refractivity contribution is 0.0702. The Morgan fingerprint density at radius 2 is 1.97 bits per heavy atom. The normalized spacial score (nSPS) is 15.8. The number of aromatic nitrogens is 3. The van der Waals surface area contributed by atoms with Crippen molar-refractivity contribution in [1.82, 2.24) is 19.9 Å². The molecule has 0 N–H and O–H groups in total. The molecule has 2 aromatic heterocycles. The number of carbonyl (C=O) groups excluding carboxylic acids is 1. The van der Waals surface area contributed by atoms with Crippen molar-refractivity contribution in [3.63, 3.8) is 0 Å². The van der Waals surface area contributed by atoms with Gasteiger partial charge in [0.1, 0.15) is 5.82 Å². The van der Waals surface area contributed by atoms with E-state index in [2.05, 4.69) is 4.98 Å². The van der Waals surface area contributed by atoms with Crippen molar-refractivity contribution in [2.45, 2.75) is 18.8 Å². The Kier molecular flexibility index (Phi) is 6.72. The Morgan fingerprint density at radius 1 is 1.12 bits per heavy atom. The van der Waals surface area contributed by atoms with E-state index in [-0.39, 0.29) is 11.8 Å². The van der Waals surface area contributed by atoms with Crippen LogP contribution in [0.1, 0.15) is 34.8 Å². The average molecular weight is 448 g/mol. The molecule has 0 aliphatic carbocycles. The van der Waals surface area contributed by atoms with Gasteiger partial charge in [0, 0.05) is 57.1 Å². The molecule has 172 valence electrons. The summed E-state index contributed by atoms with van der Waals surface area (Å²) in [4.78, 5) is 31.1. The second kappa shape index (κ2) is 9.85. The Labute approximate surface area is 194 Å². The molecule has 1 aliphatic heterocycles. The molecule has 1 saturated heterocycles. The van der Waals surface area contributed by atoms with Crippen LogP contribution in [0.3, 0.4) is 0 Å². The highest BCUT2D eigenvalue weighted by Gasteiger charge is 2.29. The Balaban J connectivity index is 1.64. The molecule has 8 nitrogen and oxygen atoms in total. The monoisotopic (exact) mass is 447 g/mol. The summed E-state index contributed by atoms with van der Waals surface area (Å²) < 4.78 is 10.9. The minimum Gasteiger partial charge on any atom is -0.493 e. The number of rotatable bonds is 6. The number of benzene rings is 1. The first-order chi connectivity index (χ1) is 16.0. The number of ether oxygens (including phenoxy) is 2. The molecule has 1 atom stereocenters. The number of hydrogen-bond acceptors (Lipinski definition) is 7. The number of anilines is 1. The summed E-state index contributed by atoms with van der Waals surface area (Å²) in [7, 11) is 7.05. The molecular weight excluding hydrogens is 418 g/mol. The van der Waals surface area contributed by atoms with Crippen LogP contribution in [-0.4, -0.2) is 67.2 Å². The van der Waals surface area contributed by atoms with Crippen LogP contribution < -0.4 is 14.4 Å². The highest BCUT2D eigenvalue weighted by molar-refractivity contribution is 5.98. The van der Waals surface area contributed by atoms with E-state index in [0.717, 1.165) is 29.9 Å². The number of carbonyl (C=O) groups is 1. The maximum Gasteiger partial charge on any atom is 0.257 e. The first kappa shape index (κ1) is 22.5. The van der Waals surface area contributed by atoms with Gasteiger partial charge < -0.3 is 19.3 Å². The van der Waals surface area contributed by atoms with E-state index in [4.69, 9.17) is 19.4 Å². The van der Waals surface area contributed by atoms with Crippen LogP contribution in [0, 0.1) is 0 Å². The van der Waals surface area contributed by atoms with Crippen LogP contribution in [0.15, 0.2) is 48.8 Å². The third kappa shape index (κ3) is 4.74. The van der Waals surface area contributed by atoms with Crippen LogP contribution in [-0.2, 0) is 0 Å². The minimum absolute atomic E-state index is 0.0650. The lowest BCUT2D eigenvalue weighted by Gasteiger charge is -2.33. The number of methoxy groups -OCH3 is 2. The molecule has 3 heterocycles. The Hall–Kier alpha value is -3.68. The van der Waals surface area contributed by atoms with E-state index < -0.39 is 0 Å². The molecule has 0 bridgehead atoms. The molecule has 1 aromatic carbocycles. The second-order valence-corrected chi connectivity index (χ2v) is 8.24. The molecule has 0 saturated carbocycles. The number of hydrogen-bond donors (Lipinski definition) is 0. The number of nitrogens with zero attached hydrogens (tertiary/aromatic N) is 5. The van der Waals surface area contributed by atoms with Crippen LogP contribution in [0.4, 0.5) is 5.82 Å². The fraction of sp³-hybridized carbons (Fsp3) is 0.360. The average Bonchev–Trinajstić information content (AvgIpc) is 2.88. The van der Waals surface area contributed by atoms with Gasteiger partial charge >= 0.3 is 0 Å². The van der Waals surface area contributed by atoms with Crippen molar-refractivity contribution in [3.8, 4) is 22.9 Å². The highest BCUT2D eigenvalue weighted by atomic mass is 16.5. The first-order valence-corrected chi connectivity index (χ1v) is 11.0. The van der Waals surface area contributed by atoms with Crippen LogP contribution in [0.25, 0.3) is 11.4 Å². The topological polar surface area (TPSA) is 80.7 Å². The van der Waals surface area contributed by atoms with Crippen molar-refractivity contribution in [2.75, 3.05) is 46.3 Å². The fourth-order valence-electron chi connectivity index (χ4n) is 4.14. The van der Waals surface area contributed by atoms with E-state index >= 15 is 0 Å². The predicted octanol–water partition coefficient (Wildman–Crippen LogP) is 3.64. The zero-order chi connectivity index (χ0) is 23.4. The molecule has 4 rings (SSSR count). The zero-order valence-corrected chi connectivity index (χ0v) is 19.5. The maximum atomic E-state index is 13.4. The van der Waals surface area contributed by atoms with Gasteiger partial charge in [-0.15, -0.1) is 0 Å². The second-order valence-electron chi connectivity index (χ2n) is 8.24. The van der Waals surface area contributed by atoms with Crippen molar-refractivity contribution in [2.24, 2.45) is 0 Å². The molecule has 33 heavy (non-hydrogen) atoms. The van der Waals surface area contributed by atoms with Gasteiger partial charge in [0.05, 0.1) is 25.5 Å². The van der Waals surface area contributed by atoms with Gasteiger partial charge in [0.2, 0.25) is 0 Å². The molecule has 0 unspecified atom stereocenters. The minimum atomic E-state index is -0.0650. The summed E-state index contributed by atoms with van der Waals surface area (Å²) in [5, 5.41) is 0. The van der Waals surface area contributed by atoms with Crippen LogP contribution in [0.5, 0.6) is 11.5 Å². The van der Waals surface area contributed by atoms with E-state index in [1.165, 1.54) is 0 Å². The summed E-state index contributed by atoms with van der Waals surface area (Å²) in [6, 6.07) is 11.2. The predicted molar refractivity (Wildman–Crippen MR) is 127 cm³/mol. The molecule has 0 spiro atoms. The summed E-state index contributed by atoms with van der Waals surface area (Å²) in [5.41, 5.74) is 2.31. The maximum absolute atomic E-state index is 13.4. The van der Waals surface area contributed by atoms with Crippen molar-refractivity contribution in [3.05, 3.63) is 60.0 Å². The molecule has 0 radical (unpaired) electrons. The smallest absolute Gasteiger partial charge is 0.257 e. The number of para-hydroxylation sites is 1. The van der Waals surface area contributed by atoms with Gasteiger partial charge in [-0.1, -0.05) is 6.07 Å². The summed E-state index contributed by atoms with van der Waals surface area (Å²) in [6.07, 6.45) is 5.35. The van der Waals surface area contributed by atoms with Crippen molar-refractivity contribution in [1.29, 1.82) is 0 Å². The van der Waals surface area contributed by atoms with E-state index in [1.807, 2.05) is 48.2 Å². The van der Waals surface area contributed by atoms with E-state index in [1.54, 1.807) is 38.7 Å². The molecule has 1 amide bonds. The third-order valence-electron chi connectivity index (χ3n) is 5.87. The number of likely N-dealkylation sites (tertiary alicyclic amines) is 1. The molecule has 1 aliphatic rings. The zero-order valence-electron chi connectivity index (χ0n) is 19.5. The fourth-order valence-corrected chi connectivity index (χ4v) is 4.14. The molecule has 1 fully saturated rings. The lowest BCUT2D eigenvalue weighted by Crippen LogP contribution is -2.39. The Morgan fingerprint density at radius 3 is 2.67 bits per heavy atom. The van der Waals surface area contributed by atoms with Gasteiger partial charge in [0.15, 0.2) is 17.3 Å². The molecule has 8 heteroatoms. The lowest BCUT2D eigenvalue weighted by atomic mass is 9.93. The number of pyridine rings is 1. The van der Waals surface area contributed by atoms with Gasteiger partial charge in [0.25, 0.3) is 5.91 Å². The van der Waals surface area contributed by atoms with Gasteiger partial charge in [-0.3, -0.25) is 9.78 Å². The third-order valence-corrected chi connectivity index (χ3v) is 5.87. The van der Waals surface area contributed by atoms with Gasteiger partial charge in [-0.25, -0.2) is 9.97 Å². The molecule has 3 aromatic rings. The van der Waals surface area contributed by atoms with Gasteiger partial charge in [-0.05, 0) is 37.1 Å². The van der Waals surface area contributed by atoms with Crippen molar-refractivity contribution >= 4 is 11.7 Å². The first-order valence-electron chi connectivity index (χ1n) is 11.0. The molecular formula is C25H29N5O3. The van der Waals surface area contributed by atoms with E-state index in [9.17, 15) is 4.79 Å². The number of piperidine rings is 1. The van der Waals surface area contributed by atoms with E-state index in [0.29, 0.717) is 36.0 Å². The number of amides is 1. The van der Waals surface area contributed by atoms with Crippen molar-refractivity contribution < 1.29 is 14.3 Å². The largest absolute Gasteiger partial charge is 0.493 e. The summed E-state index contributed by atoms with van der Waals surface area (Å²) in [6.45, 7) is 1.27. The van der Waals surface area contributed by atoms with Crippen LogP contribution in [0.2, 0.25) is 0 Å². The van der Waals surface area contributed by atoms with Gasteiger partial charge in [-0.2, -0.15) is 0 Å². The quantitative estimate of drug-likeness (QED) is 0.571. The SMILES string of the molecule is COc1cccc(C(=O)N2CCC[C@H](c3cc(N(C)C)nc(-c4cccnc4)n3)C2)c1OC.